The standard InChI is InChI=1S/C22H23FN4O6/c1-14(28)24-12-17-13-26(22(29)33-17)16-4-5-18(19(23)11-16)15-6-8-25(9-7-15)21(27(30)31)20-3-2-10-32-20/h2-6,10-11,17,21H,7-9,12-13H2,1H3,(H,24,28). The third kappa shape index (κ3) is 4.87. The lowest BCUT2D eigenvalue weighted by Gasteiger charge is -2.27. The van der Waals surface area contributed by atoms with Gasteiger partial charge in [0.15, 0.2) is 5.76 Å². The molecule has 1 aromatic carbocycles. The van der Waals surface area contributed by atoms with Gasteiger partial charge in [-0.25, -0.2) is 14.1 Å². The molecule has 0 aliphatic carbocycles. The van der Waals surface area contributed by atoms with Crippen LogP contribution in [-0.2, 0) is 9.53 Å². The van der Waals surface area contributed by atoms with Crippen LogP contribution < -0.4 is 10.2 Å². The number of ether oxygens (including phenoxy) is 1. The van der Waals surface area contributed by atoms with Crippen molar-refractivity contribution in [2.75, 3.05) is 31.1 Å². The van der Waals surface area contributed by atoms with Crippen LogP contribution in [0.5, 0.6) is 0 Å². The molecule has 174 valence electrons. The zero-order chi connectivity index (χ0) is 23.5. The van der Waals surface area contributed by atoms with Crippen molar-refractivity contribution in [3.05, 3.63) is 69.9 Å². The van der Waals surface area contributed by atoms with Crippen molar-refractivity contribution in [1.82, 2.24) is 10.2 Å². The van der Waals surface area contributed by atoms with Gasteiger partial charge in [-0.15, -0.1) is 0 Å². The minimum absolute atomic E-state index is 0.185. The number of hydrogen-bond acceptors (Lipinski definition) is 7. The first kappa shape index (κ1) is 22.5. The van der Waals surface area contributed by atoms with Crippen LogP contribution >= 0.6 is 0 Å². The summed E-state index contributed by atoms with van der Waals surface area (Å²) >= 11 is 0. The first-order chi connectivity index (χ1) is 15.8. The number of nitro groups is 1. The fourth-order valence-electron chi connectivity index (χ4n) is 4.04. The van der Waals surface area contributed by atoms with Crippen LogP contribution in [0.3, 0.4) is 0 Å². The van der Waals surface area contributed by atoms with Crippen molar-refractivity contribution in [3.63, 3.8) is 0 Å². The second kappa shape index (κ2) is 9.41. The molecule has 3 heterocycles. The third-order valence-electron chi connectivity index (χ3n) is 5.65. The molecule has 0 spiro atoms. The first-order valence-corrected chi connectivity index (χ1v) is 10.5. The summed E-state index contributed by atoms with van der Waals surface area (Å²) in [4.78, 5) is 37.4. The smallest absolute Gasteiger partial charge is 0.414 e. The molecule has 11 heteroatoms. The van der Waals surface area contributed by atoms with Crippen molar-refractivity contribution in [2.45, 2.75) is 25.6 Å². The number of hydrogen-bond donors (Lipinski definition) is 1. The van der Waals surface area contributed by atoms with Crippen molar-refractivity contribution in [3.8, 4) is 0 Å². The van der Waals surface area contributed by atoms with Gasteiger partial charge in [0.2, 0.25) is 5.91 Å². The average molecular weight is 458 g/mol. The van der Waals surface area contributed by atoms with Gasteiger partial charge in [0, 0.05) is 30.5 Å². The monoisotopic (exact) mass is 458 g/mol. The van der Waals surface area contributed by atoms with E-state index in [2.05, 4.69) is 5.32 Å². The summed E-state index contributed by atoms with van der Waals surface area (Å²) in [5, 5.41) is 14.1. The highest BCUT2D eigenvalue weighted by molar-refractivity contribution is 5.90. The number of cyclic esters (lactones) is 1. The van der Waals surface area contributed by atoms with Gasteiger partial charge in [0.25, 0.3) is 0 Å². The van der Waals surface area contributed by atoms with Crippen LogP contribution in [0, 0.1) is 15.9 Å². The molecule has 1 aromatic heterocycles. The summed E-state index contributed by atoms with van der Waals surface area (Å²) in [7, 11) is 0. The molecule has 1 saturated heterocycles. The molecule has 2 aromatic rings. The number of benzene rings is 1. The zero-order valence-corrected chi connectivity index (χ0v) is 17.9. The molecular weight excluding hydrogens is 435 g/mol. The van der Waals surface area contributed by atoms with E-state index in [1.807, 2.05) is 0 Å². The number of rotatable bonds is 7. The number of carbonyl (C=O) groups is 2. The molecule has 1 N–H and O–H groups in total. The molecule has 2 atom stereocenters. The molecule has 0 saturated carbocycles. The maximum atomic E-state index is 15.0. The minimum Gasteiger partial charge on any atom is -0.460 e. The highest BCUT2D eigenvalue weighted by atomic mass is 19.1. The largest absolute Gasteiger partial charge is 0.460 e. The summed E-state index contributed by atoms with van der Waals surface area (Å²) in [6, 6.07) is 7.67. The van der Waals surface area contributed by atoms with Crippen molar-refractivity contribution in [1.29, 1.82) is 0 Å². The van der Waals surface area contributed by atoms with E-state index in [-0.39, 0.29) is 31.3 Å². The van der Waals surface area contributed by atoms with Crippen LogP contribution in [0.15, 0.2) is 47.1 Å². The van der Waals surface area contributed by atoms with Gasteiger partial charge in [-0.2, -0.15) is 0 Å². The maximum Gasteiger partial charge on any atom is 0.414 e. The van der Waals surface area contributed by atoms with E-state index >= 15 is 0 Å². The van der Waals surface area contributed by atoms with Gasteiger partial charge in [0.1, 0.15) is 11.9 Å². The third-order valence-corrected chi connectivity index (χ3v) is 5.65. The topological polar surface area (TPSA) is 118 Å². The molecule has 2 aliphatic rings. The van der Waals surface area contributed by atoms with Gasteiger partial charge >= 0.3 is 12.3 Å². The lowest BCUT2D eigenvalue weighted by atomic mass is 9.98. The Kier molecular flexibility index (Phi) is 6.40. The first-order valence-electron chi connectivity index (χ1n) is 10.5. The van der Waals surface area contributed by atoms with E-state index in [4.69, 9.17) is 9.15 Å². The fourth-order valence-corrected chi connectivity index (χ4v) is 4.04. The van der Waals surface area contributed by atoms with E-state index in [9.17, 15) is 24.1 Å². The summed E-state index contributed by atoms with van der Waals surface area (Å²) in [5.41, 5.74) is 1.48. The summed E-state index contributed by atoms with van der Waals surface area (Å²) in [6.07, 6.45) is 1.37. The molecule has 33 heavy (non-hydrogen) atoms. The van der Waals surface area contributed by atoms with Crippen molar-refractivity contribution in [2.24, 2.45) is 0 Å². The molecule has 4 rings (SSSR count). The minimum atomic E-state index is -1.10. The summed E-state index contributed by atoms with van der Waals surface area (Å²) < 4.78 is 25.4. The Morgan fingerprint density at radius 1 is 1.39 bits per heavy atom. The van der Waals surface area contributed by atoms with Crippen molar-refractivity contribution < 1.29 is 28.1 Å². The summed E-state index contributed by atoms with van der Waals surface area (Å²) in [5.74, 6) is -0.475. The quantitative estimate of drug-likeness (QED) is 0.501. The maximum absolute atomic E-state index is 15.0. The Bertz CT molecular complexity index is 1090. The number of halogens is 1. The highest BCUT2D eigenvalue weighted by Crippen LogP contribution is 2.32. The second-order valence-corrected chi connectivity index (χ2v) is 7.87. The predicted octanol–water partition coefficient (Wildman–Crippen LogP) is 2.94. The van der Waals surface area contributed by atoms with Gasteiger partial charge in [0.05, 0.1) is 25.0 Å². The van der Waals surface area contributed by atoms with Crippen LogP contribution in [0.2, 0.25) is 0 Å². The SMILES string of the molecule is CC(=O)NCC1CN(c2ccc(C3=CCN(C(c4ccco4)[N+](=O)[O-])CC3)c(F)c2)C(=O)O1. The predicted molar refractivity (Wildman–Crippen MR) is 115 cm³/mol. The summed E-state index contributed by atoms with van der Waals surface area (Å²) in [6.45, 7) is 2.39. The molecular formula is C22H23FN4O6. The molecule has 10 nitrogen and oxygen atoms in total. The van der Waals surface area contributed by atoms with Gasteiger partial charge in [-0.1, -0.05) is 6.08 Å². The molecule has 1 fully saturated rings. The second-order valence-electron chi connectivity index (χ2n) is 7.87. The highest BCUT2D eigenvalue weighted by Gasteiger charge is 2.35. The van der Waals surface area contributed by atoms with Crippen LogP contribution in [0.4, 0.5) is 14.9 Å². The Morgan fingerprint density at radius 2 is 2.21 bits per heavy atom. The fraction of sp³-hybridized carbons (Fsp3) is 0.364. The lowest BCUT2D eigenvalue weighted by Crippen LogP contribution is -2.36. The molecule has 2 amide bonds. The molecule has 0 bridgehead atoms. The number of furan rings is 1. The zero-order valence-electron chi connectivity index (χ0n) is 17.9. The number of amides is 2. The number of nitrogens with one attached hydrogen (secondary N) is 1. The normalized spacial score (nSPS) is 19.7. The van der Waals surface area contributed by atoms with Gasteiger partial charge < -0.3 is 14.5 Å². The van der Waals surface area contributed by atoms with E-state index in [1.165, 1.54) is 24.2 Å². The van der Waals surface area contributed by atoms with Crippen molar-refractivity contribution >= 4 is 23.3 Å². The molecule has 0 radical (unpaired) electrons. The molecule has 2 unspecified atom stereocenters. The van der Waals surface area contributed by atoms with E-state index in [0.717, 1.165) is 5.57 Å². The number of carbonyl (C=O) groups excluding carboxylic acids is 2. The Balaban J connectivity index is 1.45. The van der Waals surface area contributed by atoms with Crippen LogP contribution in [-0.4, -0.2) is 54.1 Å². The average Bonchev–Trinajstić information content (AvgIpc) is 3.43. The van der Waals surface area contributed by atoms with Crippen LogP contribution in [0.25, 0.3) is 5.57 Å². The number of anilines is 1. The lowest BCUT2D eigenvalue weighted by molar-refractivity contribution is -0.560. The van der Waals surface area contributed by atoms with E-state index in [1.54, 1.807) is 35.2 Å². The van der Waals surface area contributed by atoms with E-state index < -0.39 is 29.1 Å². The van der Waals surface area contributed by atoms with E-state index in [0.29, 0.717) is 24.2 Å². The Labute approximate surface area is 188 Å². The van der Waals surface area contributed by atoms with Crippen LogP contribution in [0.1, 0.15) is 30.8 Å². The Hall–Kier alpha value is -3.73. The number of nitrogens with zero attached hydrogens (tertiary/aromatic N) is 3. The Morgan fingerprint density at radius 3 is 2.82 bits per heavy atom. The molecule has 2 aliphatic heterocycles. The van der Waals surface area contributed by atoms with Gasteiger partial charge in [-0.05, 0) is 42.3 Å². The van der Waals surface area contributed by atoms with Gasteiger partial charge in [-0.3, -0.25) is 19.8 Å².